The van der Waals surface area contributed by atoms with Crippen LogP contribution in [0.4, 0.5) is 5.69 Å². The molecule has 0 aromatic heterocycles. The summed E-state index contributed by atoms with van der Waals surface area (Å²) in [6.07, 6.45) is 1.54. The van der Waals surface area contributed by atoms with Gasteiger partial charge in [0.2, 0.25) is 16.8 Å². The smallest absolute Gasteiger partial charge is 0.242 e. The molecule has 2 aromatic carbocycles. The van der Waals surface area contributed by atoms with Crippen molar-refractivity contribution in [3.05, 3.63) is 47.5 Å². The Hall–Kier alpha value is -2.69. The summed E-state index contributed by atoms with van der Waals surface area (Å²) in [6.45, 7) is 4.05. The fourth-order valence-corrected chi connectivity index (χ4v) is 3.97. The Bertz CT molecular complexity index is 1110. The monoisotopic (exact) mass is 462 g/mol. The van der Waals surface area contributed by atoms with E-state index in [9.17, 15) is 8.42 Å². The quantitative estimate of drug-likeness (QED) is 0.371. The Labute approximate surface area is 188 Å². The minimum Gasteiger partial charge on any atom is -0.454 e. The highest BCUT2D eigenvalue weighted by molar-refractivity contribution is 7.89. The van der Waals surface area contributed by atoms with Crippen LogP contribution in [0.15, 0.2) is 46.4 Å². The maximum absolute atomic E-state index is 12.4. The number of thiocarbonyl (C=S) groups is 1. The Morgan fingerprint density at radius 1 is 1.16 bits per heavy atom. The van der Waals surface area contributed by atoms with Crippen molar-refractivity contribution >= 4 is 38.8 Å². The van der Waals surface area contributed by atoms with Crippen molar-refractivity contribution in [1.82, 2.24) is 9.73 Å². The zero-order valence-electron chi connectivity index (χ0n) is 17.9. The van der Waals surface area contributed by atoms with Crippen LogP contribution in [0.2, 0.25) is 0 Å². The van der Waals surface area contributed by atoms with Gasteiger partial charge in [0.15, 0.2) is 16.6 Å². The third-order valence-corrected chi connectivity index (χ3v) is 6.80. The Balaban J connectivity index is 1.57. The van der Waals surface area contributed by atoms with Crippen molar-refractivity contribution in [3.8, 4) is 11.5 Å². The molecule has 0 amide bonds. The Morgan fingerprint density at radius 3 is 2.65 bits per heavy atom. The highest BCUT2D eigenvalue weighted by Crippen LogP contribution is 2.32. The first kappa shape index (κ1) is 23.0. The van der Waals surface area contributed by atoms with E-state index < -0.39 is 10.0 Å². The number of hydrogen-bond donors (Lipinski definition) is 2. The van der Waals surface area contributed by atoms with Gasteiger partial charge in [-0.25, -0.2) is 12.7 Å². The summed E-state index contributed by atoms with van der Waals surface area (Å²) in [7, 11) is -0.539. The molecule has 31 heavy (non-hydrogen) atoms. The maximum atomic E-state index is 12.4. The molecule has 2 N–H and O–H groups in total. The molecule has 1 heterocycles. The topological polar surface area (TPSA) is 92.3 Å². The van der Waals surface area contributed by atoms with Gasteiger partial charge in [0, 0.05) is 25.5 Å². The van der Waals surface area contributed by atoms with Crippen LogP contribution in [0, 0.1) is 6.92 Å². The largest absolute Gasteiger partial charge is 0.454 e. The van der Waals surface area contributed by atoms with E-state index in [4.69, 9.17) is 21.7 Å². The van der Waals surface area contributed by atoms with Crippen molar-refractivity contribution in [2.24, 2.45) is 5.10 Å². The molecule has 0 saturated carbocycles. The summed E-state index contributed by atoms with van der Waals surface area (Å²) in [5.74, 6) is 1.54. The standard InChI is InChI=1S/C21H26N4O4S2/c1-14-5-9-17(31(26,27)25(3)4)12-18(14)22-21(30)24-23-15(2)6-7-16-8-10-19-20(11-16)29-13-28-19/h5,8-12H,6-7,13H2,1-4H3,(H2,22,24,30). The second kappa shape index (κ2) is 9.63. The summed E-state index contributed by atoms with van der Waals surface area (Å²) >= 11 is 5.31. The van der Waals surface area contributed by atoms with Crippen LogP contribution < -0.4 is 20.2 Å². The van der Waals surface area contributed by atoms with Crippen LogP contribution in [0.3, 0.4) is 0 Å². The van der Waals surface area contributed by atoms with Gasteiger partial charge in [-0.15, -0.1) is 0 Å². The SMILES string of the molecule is CC(CCc1ccc2c(c1)OCO2)=NNC(=S)Nc1cc(S(=O)(=O)N(C)C)ccc1C. The number of anilines is 1. The number of hydrazone groups is 1. The van der Waals surface area contributed by atoms with E-state index in [0.29, 0.717) is 5.69 Å². The first-order valence-corrected chi connectivity index (χ1v) is 11.5. The molecule has 0 radical (unpaired) electrons. The molecule has 0 spiro atoms. The van der Waals surface area contributed by atoms with Crippen molar-refractivity contribution < 1.29 is 17.9 Å². The fraction of sp³-hybridized carbons (Fsp3) is 0.333. The zero-order valence-corrected chi connectivity index (χ0v) is 19.6. The van der Waals surface area contributed by atoms with Gasteiger partial charge in [-0.2, -0.15) is 5.10 Å². The van der Waals surface area contributed by atoms with E-state index in [1.54, 1.807) is 18.2 Å². The number of hydrogen-bond acceptors (Lipinski definition) is 6. The Morgan fingerprint density at radius 2 is 1.90 bits per heavy atom. The predicted molar refractivity (Wildman–Crippen MR) is 125 cm³/mol. The lowest BCUT2D eigenvalue weighted by Gasteiger charge is -2.15. The second-order valence-electron chi connectivity index (χ2n) is 7.36. The number of benzene rings is 2. The van der Waals surface area contributed by atoms with Gasteiger partial charge in [-0.1, -0.05) is 12.1 Å². The number of aryl methyl sites for hydroxylation is 2. The lowest BCUT2D eigenvalue weighted by molar-refractivity contribution is 0.174. The summed E-state index contributed by atoms with van der Waals surface area (Å²) in [5.41, 5.74) is 6.30. The molecule has 0 bridgehead atoms. The number of sulfonamides is 1. The third kappa shape index (κ3) is 5.72. The summed E-state index contributed by atoms with van der Waals surface area (Å²) in [6, 6.07) is 10.8. The molecule has 1 aliphatic rings. The van der Waals surface area contributed by atoms with Gasteiger partial charge in [0.05, 0.1) is 4.90 Å². The van der Waals surface area contributed by atoms with E-state index in [1.807, 2.05) is 32.0 Å². The minimum absolute atomic E-state index is 0.191. The van der Waals surface area contributed by atoms with Crippen molar-refractivity contribution in [2.75, 3.05) is 26.2 Å². The molecule has 10 heteroatoms. The van der Waals surface area contributed by atoms with Gasteiger partial charge in [0.25, 0.3) is 0 Å². The van der Waals surface area contributed by atoms with E-state index in [-0.39, 0.29) is 16.8 Å². The van der Waals surface area contributed by atoms with Crippen molar-refractivity contribution in [1.29, 1.82) is 0 Å². The average Bonchev–Trinajstić information content (AvgIpc) is 3.20. The second-order valence-corrected chi connectivity index (χ2v) is 9.92. The van der Waals surface area contributed by atoms with E-state index in [1.165, 1.54) is 18.4 Å². The summed E-state index contributed by atoms with van der Waals surface area (Å²) in [5, 5.41) is 7.62. The molecular weight excluding hydrogens is 436 g/mol. The van der Waals surface area contributed by atoms with Crippen LogP contribution in [0.25, 0.3) is 0 Å². The average molecular weight is 463 g/mol. The molecule has 3 rings (SSSR count). The third-order valence-electron chi connectivity index (χ3n) is 4.80. The van der Waals surface area contributed by atoms with Gasteiger partial charge in [0.1, 0.15) is 0 Å². The van der Waals surface area contributed by atoms with Crippen molar-refractivity contribution in [3.63, 3.8) is 0 Å². The molecule has 8 nitrogen and oxygen atoms in total. The van der Waals surface area contributed by atoms with Crippen LogP contribution >= 0.6 is 12.2 Å². The Kier molecular flexibility index (Phi) is 7.14. The van der Waals surface area contributed by atoms with E-state index in [0.717, 1.165) is 41.2 Å². The van der Waals surface area contributed by atoms with Crippen molar-refractivity contribution in [2.45, 2.75) is 31.6 Å². The number of ether oxygens (including phenoxy) is 2. The highest BCUT2D eigenvalue weighted by atomic mass is 32.2. The predicted octanol–water partition coefficient (Wildman–Crippen LogP) is 3.27. The number of rotatable bonds is 7. The van der Waals surface area contributed by atoms with Crippen LogP contribution in [-0.2, 0) is 16.4 Å². The van der Waals surface area contributed by atoms with Gasteiger partial charge >= 0.3 is 0 Å². The maximum Gasteiger partial charge on any atom is 0.242 e. The molecular formula is C21H26N4O4S2. The molecule has 0 aliphatic carbocycles. The van der Waals surface area contributed by atoms with Gasteiger partial charge < -0.3 is 14.8 Å². The lowest BCUT2D eigenvalue weighted by Crippen LogP contribution is -2.26. The van der Waals surface area contributed by atoms with Crippen LogP contribution in [0.5, 0.6) is 11.5 Å². The first-order valence-electron chi connectivity index (χ1n) is 9.68. The normalized spacial score (nSPS) is 13.4. The lowest BCUT2D eigenvalue weighted by atomic mass is 10.1. The molecule has 166 valence electrons. The van der Waals surface area contributed by atoms with Crippen LogP contribution in [0.1, 0.15) is 24.5 Å². The zero-order chi connectivity index (χ0) is 22.6. The molecule has 0 atom stereocenters. The number of nitrogens with one attached hydrogen (secondary N) is 2. The summed E-state index contributed by atoms with van der Waals surface area (Å²) in [4.78, 5) is 0.191. The molecule has 0 saturated heterocycles. The number of fused-ring (bicyclic) bond motifs is 1. The van der Waals surface area contributed by atoms with Gasteiger partial charge in [-0.3, -0.25) is 5.43 Å². The summed E-state index contributed by atoms with van der Waals surface area (Å²) < 4.78 is 36.6. The van der Waals surface area contributed by atoms with E-state index >= 15 is 0 Å². The highest BCUT2D eigenvalue weighted by Gasteiger charge is 2.18. The molecule has 1 aliphatic heterocycles. The fourth-order valence-electron chi connectivity index (χ4n) is 2.88. The van der Waals surface area contributed by atoms with Crippen LogP contribution in [-0.4, -0.2) is 44.4 Å². The molecule has 0 fully saturated rings. The first-order chi connectivity index (χ1) is 14.7. The molecule has 0 unspecified atom stereocenters. The van der Waals surface area contributed by atoms with E-state index in [2.05, 4.69) is 15.8 Å². The van der Waals surface area contributed by atoms with Gasteiger partial charge in [-0.05, 0) is 74.3 Å². The minimum atomic E-state index is -3.53. The molecule has 2 aromatic rings. The number of nitrogens with zero attached hydrogens (tertiary/aromatic N) is 2.